The molecule has 11 heteroatoms. The Morgan fingerprint density at radius 3 is 2.61 bits per heavy atom. The zero-order valence-corrected chi connectivity index (χ0v) is 16.6. The van der Waals surface area contributed by atoms with E-state index in [-0.39, 0.29) is 12.3 Å². The van der Waals surface area contributed by atoms with Crippen LogP contribution in [0.4, 0.5) is 4.39 Å². The monoisotopic (exact) mass is 449 g/mol. The molecule has 3 aromatic rings. The van der Waals surface area contributed by atoms with Gasteiger partial charge in [-0.15, -0.1) is 0 Å². The number of aliphatic carboxylic acids is 1. The molecule has 0 aliphatic carbocycles. The first-order chi connectivity index (χ1) is 14.7. The Balaban J connectivity index is 1.81. The highest BCUT2D eigenvalue weighted by molar-refractivity contribution is 6.30. The Bertz CT molecular complexity index is 1160. The molecule has 0 bridgehead atoms. The average Bonchev–Trinajstić information content (AvgIpc) is 3.14. The second-order valence-corrected chi connectivity index (χ2v) is 7.01. The lowest BCUT2D eigenvalue weighted by atomic mass is 10.0. The molecule has 1 atom stereocenters. The van der Waals surface area contributed by atoms with Crippen molar-refractivity contribution in [1.29, 1.82) is 0 Å². The van der Waals surface area contributed by atoms with Gasteiger partial charge in [0.05, 0.1) is 12.6 Å². The maximum absolute atomic E-state index is 14.7. The van der Waals surface area contributed by atoms with Gasteiger partial charge < -0.3 is 14.7 Å². The fraction of sp³-hybridized carbons (Fsp3) is 0.150. The number of hydrogen-bond donors (Lipinski definition) is 4. The number of rotatable bonds is 8. The summed E-state index contributed by atoms with van der Waals surface area (Å²) < 4.78 is 19.4. The fourth-order valence-electron chi connectivity index (χ4n) is 2.80. The number of nitrogens with one attached hydrogen (secondary N) is 2. The molecule has 0 saturated carbocycles. The minimum absolute atomic E-state index is 0.141. The number of carbonyl (C=O) groups excluding carboxylic acids is 1. The van der Waals surface area contributed by atoms with Crippen LogP contribution in [-0.2, 0) is 11.3 Å². The van der Waals surface area contributed by atoms with Crippen molar-refractivity contribution in [3.63, 3.8) is 0 Å². The van der Waals surface area contributed by atoms with Crippen LogP contribution in [0, 0.1) is 5.82 Å². The third kappa shape index (κ3) is 5.79. The molecule has 0 fully saturated rings. The van der Waals surface area contributed by atoms with Crippen molar-refractivity contribution in [3.8, 4) is 11.1 Å². The molecule has 162 valence electrons. The SMILES string of the molecule is O=C(NN(Cc1ccc(-c2cccc(Cl)c2)c(F)c1)C[C@@H](O)C(=O)O)c1cc(=O)[nH]o1. The standard InChI is InChI=1S/C20H17ClFN3O6/c21-13-3-1-2-12(7-13)14-5-4-11(6-15(14)22)9-25(10-16(26)20(29)30)23-19(28)17-8-18(27)24-31-17/h1-8,16,26H,9-10H2,(H,23,28)(H,24,27)(H,29,30)/t16-/m1/s1. The van der Waals surface area contributed by atoms with E-state index in [1.54, 1.807) is 30.3 Å². The van der Waals surface area contributed by atoms with E-state index in [4.69, 9.17) is 21.2 Å². The van der Waals surface area contributed by atoms with E-state index in [0.29, 0.717) is 21.7 Å². The number of aliphatic hydroxyl groups is 1. The number of hydrogen-bond acceptors (Lipinski definition) is 6. The first kappa shape index (κ1) is 22.2. The van der Waals surface area contributed by atoms with Gasteiger partial charge in [-0.2, -0.15) is 5.16 Å². The Morgan fingerprint density at radius 2 is 2.00 bits per heavy atom. The van der Waals surface area contributed by atoms with Crippen LogP contribution in [0.15, 0.2) is 57.8 Å². The van der Waals surface area contributed by atoms with E-state index in [0.717, 1.165) is 11.1 Å². The molecule has 0 aliphatic heterocycles. The summed E-state index contributed by atoms with van der Waals surface area (Å²) in [6.45, 7) is -0.648. The molecule has 1 aromatic heterocycles. The molecule has 0 radical (unpaired) electrons. The summed E-state index contributed by atoms with van der Waals surface area (Å²) in [5.74, 6) is -3.26. The molecule has 1 heterocycles. The molecule has 0 saturated heterocycles. The van der Waals surface area contributed by atoms with Crippen LogP contribution in [0.3, 0.4) is 0 Å². The predicted molar refractivity (Wildman–Crippen MR) is 108 cm³/mol. The summed E-state index contributed by atoms with van der Waals surface area (Å²) in [6, 6.07) is 11.9. The van der Waals surface area contributed by atoms with E-state index in [9.17, 15) is 23.9 Å². The minimum Gasteiger partial charge on any atom is -0.479 e. The van der Waals surface area contributed by atoms with Gasteiger partial charge in [-0.25, -0.2) is 14.2 Å². The second kappa shape index (κ2) is 9.56. The van der Waals surface area contributed by atoms with Gasteiger partial charge in [0, 0.05) is 17.1 Å². The number of H-pyrrole nitrogens is 1. The van der Waals surface area contributed by atoms with Crippen molar-refractivity contribution < 1.29 is 28.7 Å². The van der Waals surface area contributed by atoms with Crippen LogP contribution in [0.1, 0.15) is 16.1 Å². The summed E-state index contributed by atoms with van der Waals surface area (Å²) >= 11 is 5.95. The first-order valence-electron chi connectivity index (χ1n) is 8.92. The minimum atomic E-state index is -1.82. The van der Waals surface area contributed by atoms with Gasteiger partial charge in [0.1, 0.15) is 5.82 Å². The number of halogens is 2. The second-order valence-electron chi connectivity index (χ2n) is 6.58. The Kier molecular flexibility index (Phi) is 6.85. The molecule has 31 heavy (non-hydrogen) atoms. The molecular weight excluding hydrogens is 433 g/mol. The molecule has 3 rings (SSSR count). The Morgan fingerprint density at radius 1 is 1.23 bits per heavy atom. The van der Waals surface area contributed by atoms with Crippen LogP contribution in [0.5, 0.6) is 0 Å². The molecule has 0 unspecified atom stereocenters. The van der Waals surface area contributed by atoms with Crippen molar-refractivity contribution in [2.75, 3.05) is 6.54 Å². The zero-order chi connectivity index (χ0) is 22.5. The Hall–Kier alpha value is -3.47. The first-order valence-corrected chi connectivity index (χ1v) is 9.30. The van der Waals surface area contributed by atoms with Gasteiger partial charge in [-0.05, 0) is 29.3 Å². The normalized spacial score (nSPS) is 12.0. The predicted octanol–water partition coefficient (Wildman–Crippen LogP) is 2.02. The highest BCUT2D eigenvalue weighted by atomic mass is 35.5. The van der Waals surface area contributed by atoms with Gasteiger partial charge in [-0.1, -0.05) is 35.9 Å². The van der Waals surface area contributed by atoms with Gasteiger partial charge >= 0.3 is 11.9 Å². The van der Waals surface area contributed by atoms with E-state index in [2.05, 4.69) is 5.43 Å². The van der Waals surface area contributed by atoms with Crippen molar-refractivity contribution >= 4 is 23.5 Å². The lowest BCUT2D eigenvalue weighted by Crippen LogP contribution is -2.47. The van der Waals surface area contributed by atoms with E-state index in [1.807, 2.05) is 5.16 Å². The number of aromatic nitrogens is 1. The number of benzene rings is 2. The summed E-state index contributed by atoms with van der Waals surface area (Å²) in [5.41, 5.74) is 2.96. The quantitative estimate of drug-likeness (QED) is 0.386. The largest absolute Gasteiger partial charge is 0.479 e. The van der Waals surface area contributed by atoms with E-state index >= 15 is 0 Å². The highest BCUT2D eigenvalue weighted by Gasteiger charge is 2.22. The third-order valence-electron chi connectivity index (χ3n) is 4.23. The van der Waals surface area contributed by atoms with Gasteiger partial charge in [0.15, 0.2) is 6.10 Å². The van der Waals surface area contributed by atoms with Crippen LogP contribution in [0.2, 0.25) is 5.02 Å². The lowest BCUT2D eigenvalue weighted by Gasteiger charge is -2.24. The summed E-state index contributed by atoms with van der Waals surface area (Å²) in [4.78, 5) is 34.4. The topological polar surface area (TPSA) is 136 Å². The molecule has 0 aliphatic rings. The number of carboxylic acids is 1. The average molecular weight is 450 g/mol. The van der Waals surface area contributed by atoms with Gasteiger partial charge in [0.25, 0.3) is 5.56 Å². The molecule has 0 spiro atoms. The number of amides is 1. The number of nitrogens with zero attached hydrogens (tertiary/aromatic N) is 1. The summed E-state index contributed by atoms with van der Waals surface area (Å²) in [5, 5.41) is 22.1. The molecule has 4 N–H and O–H groups in total. The summed E-state index contributed by atoms with van der Waals surface area (Å²) in [6.07, 6.45) is -1.82. The lowest BCUT2D eigenvalue weighted by molar-refractivity contribution is -0.148. The van der Waals surface area contributed by atoms with Crippen molar-refractivity contribution in [1.82, 2.24) is 15.6 Å². The summed E-state index contributed by atoms with van der Waals surface area (Å²) in [7, 11) is 0. The fourth-order valence-corrected chi connectivity index (χ4v) is 2.99. The van der Waals surface area contributed by atoms with Crippen molar-refractivity contribution in [3.05, 3.63) is 81.0 Å². The maximum atomic E-state index is 14.7. The van der Waals surface area contributed by atoms with Crippen LogP contribution < -0.4 is 11.0 Å². The van der Waals surface area contributed by atoms with Crippen LogP contribution >= 0.6 is 11.6 Å². The van der Waals surface area contributed by atoms with Gasteiger partial charge in [0.2, 0.25) is 5.76 Å². The van der Waals surface area contributed by atoms with Crippen LogP contribution in [-0.4, -0.2) is 44.9 Å². The number of carbonyl (C=O) groups is 2. The maximum Gasteiger partial charge on any atom is 0.333 e. The van der Waals surface area contributed by atoms with Gasteiger partial charge in [-0.3, -0.25) is 15.0 Å². The third-order valence-corrected chi connectivity index (χ3v) is 4.46. The number of aromatic amines is 1. The number of aliphatic hydroxyl groups excluding tert-OH is 1. The Labute approximate surface area is 179 Å². The number of hydrazine groups is 1. The molecular formula is C20H17ClFN3O6. The van der Waals surface area contributed by atoms with Crippen molar-refractivity contribution in [2.45, 2.75) is 12.6 Å². The smallest absolute Gasteiger partial charge is 0.333 e. The zero-order valence-electron chi connectivity index (χ0n) is 15.8. The highest BCUT2D eigenvalue weighted by Crippen LogP contribution is 2.26. The van der Waals surface area contributed by atoms with E-state index < -0.39 is 35.9 Å². The van der Waals surface area contributed by atoms with Crippen molar-refractivity contribution in [2.24, 2.45) is 0 Å². The molecule has 2 aromatic carbocycles. The van der Waals surface area contributed by atoms with E-state index in [1.165, 1.54) is 12.1 Å². The molecule has 1 amide bonds. The van der Waals surface area contributed by atoms with Crippen LogP contribution in [0.25, 0.3) is 11.1 Å². The molecule has 9 nitrogen and oxygen atoms in total. The number of carboxylic acid groups (broad SMARTS) is 1.